The van der Waals surface area contributed by atoms with Gasteiger partial charge in [-0.2, -0.15) is 0 Å². The number of anilines is 1. The summed E-state index contributed by atoms with van der Waals surface area (Å²) in [6.45, 7) is 3.95. The van der Waals surface area contributed by atoms with Crippen molar-refractivity contribution in [3.05, 3.63) is 54.1 Å². The molecule has 0 saturated carbocycles. The third-order valence-electron chi connectivity index (χ3n) is 6.97. The maximum Gasteiger partial charge on any atom is 0.228 e. The van der Waals surface area contributed by atoms with Gasteiger partial charge in [0.25, 0.3) is 0 Å². The summed E-state index contributed by atoms with van der Waals surface area (Å²) < 4.78 is 10.6. The van der Waals surface area contributed by atoms with Crippen molar-refractivity contribution in [2.45, 2.75) is 32.2 Å². The SMILES string of the molecule is CCC(=O)N1CCN(C(=O)C2CCC(=O)N(c3ccc(OC)cc3)C2c2ccc(OC)cc2)CC1. The number of benzene rings is 2. The Morgan fingerprint density at radius 1 is 0.857 bits per heavy atom. The molecule has 2 heterocycles. The van der Waals surface area contributed by atoms with E-state index in [1.165, 1.54) is 0 Å². The molecule has 35 heavy (non-hydrogen) atoms. The van der Waals surface area contributed by atoms with Crippen LogP contribution in [0.1, 0.15) is 37.8 Å². The third kappa shape index (κ3) is 5.11. The predicted octanol–water partition coefficient (Wildman–Crippen LogP) is 3.27. The van der Waals surface area contributed by atoms with Gasteiger partial charge in [0.2, 0.25) is 17.7 Å². The minimum absolute atomic E-state index is 0.0154. The van der Waals surface area contributed by atoms with Gasteiger partial charge >= 0.3 is 0 Å². The number of piperazine rings is 1. The Morgan fingerprint density at radius 2 is 1.40 bits per heavy atom. The van der Waals surface area contributed by atoms with Crippen molar-refractivity contribution < 1.29 is 23.9 Å². The van der Waals surface area contributed by atoms with Crippen molar-refractivity contribution in [2.24, 2.45) is 5.92 Å². The van der Waals surface area contributed by atoms with Crippen molar-refractivity contribution in [3.8, 4) is 11.5 Å². The highest BCUT2D eigenvalue weighted by atomic mass is 16.5. The Kier molecular flexibility index (Phi) is 7.58. The summed E-state index contributed by atoms with van der Waals surface area (Å²) in [4.78, 5) is 44.6. The van der Waals surface area contributed by atoms with Gasteiger partial charge in [0.15, 0.2) is 0 Å². The van der Waals surface area contributed by atoms with Crippen LogP contribution in [0.2, 0.25) is 0 Å². The average Bonchev–Trinajstić information content (AvgIpc) is 2.92. The molecule has 2 aliphatic heterocycles. The van der Waals surface area contributed by atoms with Crippen molar-refractivity contribution in [1.82, 2.24) is 9.80 Å². The number of carbonyl (C=O) groups is 3. The molecule has 186 valence electrons. The highest BCUT2D eigenvalue weighted by Crippen LogP contribution is 2.41. The molecule has 2 saturated heterocycles. The van der Waals surface area contributed by atoms with Crippen LogP contribution in [0.5, 0.6) is 11.5 Å². The third-order valence-corrected chi connectivity index (χ3v) is 6.97. The molecule has 0 aromatic heterocycles. The van der Waals surface area contributed by atoms with Crippen molar-refractivity contribution in [1.29, 1.82) is 0 Å². The summed E-state index contributed by atoms with van der Waals surface area (Å²) in [6.07, 6.45) is 1.24. The number of methoxy groups -OCH3 is 2. The molecule has 2 unspecified atom stereocenters. The number of piperidine rings is 1. The first-order chi connectivity index (χ1) is 17.0. The van der Waals surface area contributed by atoms with Crippen LogP contribution >= 0.6 is 0 Å². The summed E-state index contributed by atoms with van der Waals surface area (Å²) in [6, 6.07) is 14.5. The molecule has 3 amide bonds. The van der Waals surface area contributed by atoms with Crippen LogP contribution in [0.4, 0.5) is 5.69 Å². The van der Waals surface area contributed by atoms with Crippen LogP contribution in [-0.2, 0) is 14.4 Å². The lowest BCUT2D eigenvalue weighted by molar-refractivity contribution is -0.144. The maximum absolute atomic E-state index is 13.8. The van der Waals surface area contributed by atoms with E-state index in [1.54, 1.807) is 19.1 Å². The molecule has 0 aliphatic carbocycles. The fourth-order valence-electron chi connectivity index (χ4n) is 5.02. The first kappa shape index (κ1) is 24.6. The summed E-state index contributed by atoms with van der Waals surface area (Å²) in [5.74, 6) is 1.15. The van der Waals surface area contributed by atoms with Gasteiger partial charge in [-0.05, 0) is 48.4 Å². The summed E-state index contributed by atoms with van der Waals surface area (Å²) in [5.41, 5.74) is 1.61. The minimum Gasteiger partial charge on any atom is -0.497 e. The van der Waals surface area contributed by atoms with Crippen molar-refractivity contribution in [2.75, 3.05) is 45.3 Å². The standard InChI is InChI=1S/C27H33N3O5/c1-4-24(31)28-15-17-29(18-16-28)27(33)23-13-14-25(32)30(20-7-11-22(35-3)12-8-20)26(23)19-5-9-21(34-2)10-6-19/h5-12,23,26H,4,13-18H2,1-3H3. The first-order valence-corrected chi connectivity index (χ1v) is 12.1. The molecule has 2 aliphatic rings. The van der Waals surface area contributed by atoms with Crippen LogP contribution in [0.3, 0.4) is 0 Å². The monoisotopic (exact) mass is 479 g/mol. The molecule has 0 radical (unpaired) electrons. The Balaban J connectivity index is 1.65. The fourth-order valence-corrected chi connectivity index (χ4v) is 5.02. The summed E-state index contributed by atoms with van der Waals surface area (Å²) >= 11 is 0. The van der Waals surface area contributed by atoms with E-state index in [0.29, 0.717) is 56.9 Å². The first-order valence-electron chi connectivity index (χ1n) is 12.1. The fraction of sp³-hybridized carbons (Fsp3) is 0.444. The zero-order valence-electron chi connectivity index (χ0n) is 20.6. The van der Waals surface area contributed by atoms with E-state index in [9.17, 15) is 14.4 Å². The molecular weight excluding hydrogens is 446 g/mol. The highest BCUT2D eigenvalue weighted by Gasteiger charge is 2.43. The van der Waals surface area contributed by atoms with Crippen molar-refractivity contribution in [3.63, 3.8) is 0 Å². The summed E-state index contributed by atoms with van der Waals surface area (Å²) in [7, 11) is 3.21. The van der Waals surface area contributed by atoms with Crippen molar-refractivity contribution >= 4 is 23.4 Å². The Labute approximate surface area is 206 Å². The molecule has 2 aromatic rings. The predicted molar refractivity (Wildman–Crippen MR) is 132 cm³/mol. The number of nitrogens with zero attached hydrogens (tertiary/aromatic N) is 3. The zero-order valence-corrected chi connectivity index (χ0v) is 20.6. The Bertz CT molecular complexity index is 1050. The molecule has 0 spiro atoms. The van der Waals surface area contributed by atoms with E-state index < -0.39 is 12.0 Å². The highest BCUT2D eigenvalue weighted by molar-refractivity contribution is 5.97. The number of hydrogen-bond donors (Lipinski definition) is 0. The lowest BCUT2D eigenvalue weighted by Gasteiger charge is -2.44. The molecule has 8 nitrogen and oxygen atoms in total. The number of amides is 3. The molecule has 8 heteroatoms. The Morgan fingerprint density at radius 3 is 1.94 bits per heavy atom. The zero-order chi connectivity index (χ0) is 24.9. The number of hydrogen-bond acceptors (Lipinski definition) is 5. The maximum atomic E-state index is 13.8. The van der Waals surface area contributed by atoms with Gasteiger partial charge in [-0.25, -0.2) is 0 Å². The van der Waals surface area contributed by atoms with Gasteiger partial charge in [0.1, 0.15) is 11.5 Å². The van der Waals surface area contributed by atoms with Crippen LogP contribution in [0.15, 0.2) is 48.5 Å². The average molecular weight is 480 g/mol. The topological polar surface area (TPSA) is 79.4 Å². The van der Waals surface area contributed by atoms with Crippen LogP contribution < -0.4 is 14.4 Å². The second-order valence-electron chi connectivity index (χ2n) is 8.88. The number of ether oxygens (including phenoxy) is 2. The second kappa shape index (κ2) is 10.8. The van der Waals surface area contributed by atoms with Gasteiger partial charge in [-0.3, -0.25) is 14.4 Å². The number of rotatable bonds is 6. The van der Waals surface area contributed by atoms with E-state index in [-0.39, 0.29) is 17.7 Å². The molecule has 2 aromatic carbocycles. The van der Waals surface area contributed by atoms with E-state index >= 15 is 0 Å². The van der Waals surface area contributed by atoms with Gasteiger partial charge in [-0.15, -0.1) is 0 Å². The molecular formula is C27H33N3O5. The Hall–Kier alpha value is -3.55. The molecule has 0 N–H and O–H groups in total. The molecule has 0 bridgehead atoms. The van der Waals surface area contributed by atoms with Crippen LogP contribution in [0, 0.1) is 5.92 Å². The van der Waals surface area contributed by atoms with Crippen LogP contribution in [-0.4, -0.2) is 67.9 Å². The van der Waals surface area contributed by atoms with E-state index in [1.807, 2.05) is 65.3 Å². The normalized spacial score (nSPS) is 20.5. The van der Waals surface area contributed by atoms with Gasteiger partial charge in [-0.1, -0.05) is 19.1 Å². The lowest BCUT2D eigenvalue weighted by atomic mass is 9.82. The molecule has 2 atom stereocenters. The molecule has 4 rings (SSSR count). The van der Waals surface area contributed by atoms with E-state index in [2.05, 4.69) is 0 Å². The van der Waals surface area contributed by atoms with E-state index in [0.717, 1.165) is 11.3 Å². The summed E-state index contributed by atoms with van der Waals surface area (Å²) in [5, 5.41) is 0. The smallest absolute Gasteiger partial charge is 0.228 e. The largest absolute Gasteiger partial charge is 0.497 e. The van der Waals surface area contributed by atoms with Gasteiger partial charge < -0.3 is 24.2 Å². The minimum atomic E-state index is -0.446. The van der Waals surface area contributed by atoms with Gasteiger partial charge in [0.05, 0.1) is 26.2 Å². The second-order valence-corrected chi connectivity index (χ2v) is 8.88. The van der Waals surface area contributed by atoms with Gasteiger partial charge in [0, 0.05) is 44.7 Å². The number of carbonyl (C=O) groups excluding carboxylic acids is 3. The lowest BCUT2D eigenvalue weighted by Crippen LogP contribution is -2.55. The van der Waals surface area contributed by atoms with Crippen LogP contribution in [0.25, 0.3) is 0 Å². The van der Waals surface area contributed by atoms with E-state index in [4.69, 9.17) is 9.47 Å². The molecule has 2 fully saturated rings. The quantitative estimate of drug-likeness (QED) is 0.636.